The molecule has 0 fully saturated rings. The summed E-state index contributed by atoms with van der Waals surface area (Å²) < 4.78 is 9.60. The predicted molar refractivity (Wildman–Crippen MR) is 606 cm³/mol. The van der Waals surface area contributed by atoms with Crippen molar-refractivity contribution < 1.29 is 19.7 Å². The van der Waals surface area contributed by atoms with Gasteiger partial charge in [0, 0.05) is 74.5 Å². The summed E-state index contributed by atoms with van der Waals surface area (Å²) in [5.41, 5.74) is 17.9. The first-order valence-corrected chi connectivity index (χ1v) is 49.0. The number of nitrogens with zero attached hydrogens (tertiary/aromatic N) is 3. The van der Waals surface area contributed by atoms with Crippen LogP contribution in [0, 0.1) is 0 Å². The van der Waals surface area contributed by atoms with Crippen LogP contribution in [0.2, 0.25) is 0 Å². The fourth-order valence-electron chi connectivity index (χ4n) is 17.9. The van der Waals surface area contributed by atoms with E-state index in [2.05, 4.69) is 467 Å². The molecule has 24 aromatic rings. The number of rotatable bonds is 15. The lowest BCUT2D eigenvalue weighted by Crippen LogP contribution is -2.29. The van der Waals surface area contributed by atoms with Gasteiger partial charge in [-0.05, 0) is 325 Å². The second-order valence-electron chi connectivity index (χ2n) is 33.4. The summed E-state index contributed by atoms with van der Waals surface area (Å²) in [7, 11) is -0.729. The first-order chi connectivity index (χ1) is 68.4. The van der Waals surface area contributed by atoms with E-state index in [-0.39, 0.29) is 0 Å². The highest BCUT2D eigenvalue weighted by atomic mass is 79.9. The number of hydrogen-bond donors (Lipinski definition) is 3. The van der Waals surface area contributed by atoms with Gasteiger partial charge in [0.25, 0.3) is 0 Å². The van der Waals surface area contributed by atoms with Crippen molar-refractivity contribution >= 4 is 232 Å². The minimum Gasteiger partial charge on any atom is -0.537 e. The Hall–Kier alpha value is -15.3. The number of fused-ring (bicyclic) bond motifs is 12. The largest absolute Gasteiger partial charge is 0.569 e. The van der Waals surface area contributed by atoms with Crippen LogP contribution in [0.1, 0.15) is 0 Å². The Bertz CT molecular complexity index is 8200. The summed E-state index contributed by atoms with van der Waals surface area (Å²) in [5, 5.41) is 49.6. The van der Waals surface area contributed by atoms with Crippen LogP contribution in [0.3, 0.4) is 0 Å². The third-order valence-electron chi connectivity index (χ3n) is 24.6. The fraction of sp³-hybridized carbons (Fsp3) is 0. The van der Waals surface area contributed by atoms with Crippen LogP contribution in [0.5, 0.6) is 5.75 Å². The van der Waals surface area contributed by atoms with Gasteiger partial charge in [-0.3, -0.25) is 0 Å². The van der Waals surface area contributed by atoms with Crippen molar-refractivity contribution in [1.82, 2.24) is 0 Å². The maximum absolute atomic E-state index is 9.23. The molecule has 0 aliphatic heterocycles. The highest BCUT2D eigenvalue weighted by molar-refractivity contribution is 9.11. The van der Waals surface area contributed by atoms with E-state index in [1.807, 2.05) is 127 Å². The van der Waals surface area contributed by atoms with Crippen molar-refractivity contribution in [3.63, 3.8) is 0 Å². The summed E-state index contributed by atoms with van der Waals surface area (Å²) in [6.07, 6.45) is 0. The average molecular weight is 2050 g/mol. The van der Waals surface area contributed by atoms with E-state index in [0.29, 0.717) is 11.2 Å². The molecule has 24 aromatic carbocycles. The lowest BCUT2D eigenvalue weighted by Gasteiger charge is -2.25. The maximum Gasteiger partial charge on any atom is 0.569 e. The summed E-state index contributed by atoms with van der Waals surface area (Å²) in [6, 6.07) is 183. The van der Waals surface area contributed by atoms with Crippen molar-refractivity contribution in [3.05, 3.63) is 546 Å². The van der Waals surface area contributed by atoms with Crippen molar-refractivity contribution in [2.45, 2.75) is 0 Å². The van der Waals surface area contributed by atoms with Gasteiger partial charge in [-0.15, -0.1) is 0 Å². The molecule has 0 amide bonds. The number of benzene rings is 24. The van der Waals surface area contributed by atoms with Crippen molar-refractivity contribution in [2.75, 3.05) is 14.7 Å². The smallest absolute Gasteiger partial charge is 0.537 e. The Morgan fingerprint density at radius 3 is 0.763 bits per heavy atom. The highest BCUT2D eigenvalue weighted by Gasteiger charge is 2.20. The third kappa shape index (κ3) is 21.9. The van der Waals surface area contributed by atoms with Gasteiger partial charge in [0.2, 0.25) is 0 Å². The lowest BCUT2D eigenvalue weighted by molar-refractivity contribution is 0.425. The zero-order valence-corrected chi connectivity index (χ0v) is 81.8. The molecule has 667 valence electrons. The lowest BCUT2D eigenvalue weighted by atomic mass is 9.80. The van der Waals surface area contributed by atoms with Gasteiger partial charge in [0.05, 0.1) is 0 Å². The average Bonchev–Trinajstić information content (AvgIpc) is 0.757. The molecule has 139 heavy (non-hydrogen) atoms. The Morgan fingerprint density at radius 2 is 0.424 bits per heavy atom. The van der Waals surface area contributed by atoms with Crippen molar-refractivity contribution in [2.24, 2.45) is 0 Å². The van der Waals surface area contributed by atoms with Crippen LogP contribution in [-0.2, 0) is 0 Å². The van der Waals surface area contributed by atoms with Gasteiger partial charge < -0.3 is 34.4 Å². The predicted octanol–water partition coefficient (Wildman–Crippen LogP) is 35.5. The molecule has 0 saturated carbocycles. The maximum atomic E-state index is 9.23. The van der Waals surface area contributed by atoms with Gasteiger partial charge in [-0.2, -0.15) is 0 Å². The molecule has 0 spiro atoms. The normalized spacial score (nSPS) is 10.8. The summed E-state index contributed by atoms with van der Waals surface area (Å²) in [4.78, 5) is 6.65. The first kappa shape index (κ1) is 92.8. The molecule has 0 atom stereocenters. The second-order valence-corrected chi connectivity index (χ2v) is 37.0. The van der Waals surface area contributed by atoms with Crippen LogP contribution < -0.4 is 24.8 Å². The molecule has 0 aliphatic carbocycles. The van der Waals surface area contributed by atoms with E-state index < -0.39 is 7.12 Å². The quantitative estimate of drug-likeness (QED) is 0.0697. The molecule has 3 N–H and O–H groups in total. The molecule has 0 aliphatic rings. The zero-order valence-electron chi connectivity index (χ0n) is 75.5. The number of halogens is 4. The van der Waals surface area contributed by atoms with Crippen LogP contribution in [0.15, 0.2) is 546 Å². The topological polar surface area (TPSA) is 79.6 Å². The Kier molecular flexibility index (Phi) is 29.6. The number of para-hydroxylation sites is 6. The van der Waals surface area contributed by atoms with E-state index >= 15 is 0 Å². The molecule has 24 rings (SSSR count). The molecule has 0 aromatic heterocycles. The van der Waals surface area contributed by atoms with Gasteiger partial charge >= 0.3 is 14.8 Å². The Balaban J connectivity index is 0.000000112. The molecule has 13 heteroatoms. The van der Waals surface area contributed by atoms with Crippen LogP contribution >= 0.6 is 63.7 Å². The minimum absolute atomic E-state index is 0.477. The molecule has 0 unspecified atom stereocenters. The number of anilines is 9. The number of hydrogen-bond acceptors (Lipinski definition) is 7. The van der Waals surface area contributed by atoms with E-state index in [4.69, 9.17) is 9.68 Å². The molecule has 7 nitrogen and oxygen atoms in total. The van der Waals surface area contributed by atoms with Crippen molar-refractivity contribution in [1.29, 1.82) is 0 Å². The first-order valence-electron chi connectivity index (χ1n) is 45.8. The van der Waals surface area contributed by atoms with Gasteiger partial charge in [0.1, 0.15) is 5.75 Å². The molecular weight excluding hydrogens is 1960 g/mol. The van der Waals surface area contributed by atoms with Gasteiger partial charge in [-0.1, -0.05) is 397 Å². The highest BCUT2D eigenvalue weighted by Crippen LogP contribution is 2.44. The Morgan fingerprint density at radius 1 is 0.187 bits per heavy atom. The summed E-state index contributed by atoms with van der Waals surface area (Å²) in [5.74, 6) is 0.668. The summed E-state index contributed by atoms with van der Waals surface area (Å²) >= 11 is 13.9. The molecule has 0 saturated heterocycles. The van der Waals surface area contributed by atoms with E-state index in [0.717, 1.165) is 92.9 Å². The van der Waals surface area contributed by atoms with Crippen molar-refractivity contribution in [3.8, 4) is 39.1 Å². The van der Waals surface area contributed by atoms with Gasteiger partial charge in [0.15, 0.2) is 0 Å². The van der Waals surface area contributed by atoms with Gasteiger partial charge in [-0.25, -0.2) is 0 Å². The van der Waals surface area contributed by atoms with Crippen LogP contribution in [0.25, 0.3) is 130 Å². The zero-order chi connectivity index (χ0) is 94.8. The Labute approximate surface area is 844 Å². The van der Waals surface area contributed by atoms with E-state index in [1.165, 1.54) is 114 Å². The van der Waals surface area contributed by atoms with Crippen LogP contribution in [-0.4, -0.2) is 29.9 Å². The summed E-state index contributed by atoms with van der Waals surface area (Å²) in [6.45, 7) is 0. The SMILES string of the molecule is Brc1ccc(N(c2ccccc2)c2ccccc2)cc1.Brc1ccc2cc(-c3cc4ccccc4c4ccccc34)ccc2c1.Brc1ccc2cc(Br)ccc2c1.OB(O)c1ccc(N(c2ccccc2)c2ccccc2)cc1.O[B]Oc1cc2ccccc2c2ccccc12.c1ccc(N(c2ccccc2)c2ccc(-c3ccc4cc(-c5cc6ccccc6c6ccccc56)ccc4c3)cc2)cc1. The molecular formula is C126H90B2Br4N3O4. The molecule has 1 radical (unpaired) electrons. The molecule has 0 heterocycles. The van der Waals surface area contributed by atoms with E-state index in [9.17, 15) is 10.0 Å². The third-order valence-corrected chi connectivity index (χ3v) is 26.6. The monoisotopic (exact) mass is 2050 g/mol. The fourth-order valence-corrected chi connectivity index (χ4v) is 19.3. The standard InChI is InChI=1S/C42H29N.C24H15Br.C18H16BNO2.C18H14BrN.C14H10BO2.C10H6Br2/c1-3-12-36(13-4-1)43(37-14-5-2-6-15-37)38-25-23-30(24-26-38)31-19-20-33-28-35(22-21-32(33)27-31)42-29-34-11-7-8-16-39(34)40-17-9-10-18-41(40)42;25-20-12-11-16-13-19(10-9-17(16)14-20)24-15-18-5-1-2-6-21(18)22-7-3-4-8-23(22)24;21-19(22)15-11-13-18(14-12-15)20(16-7-3-1-4-8-16)17-9-5-2-6-10-17;19-15-11-13-18(14-12-15)20(16-7-3-1-4-8-16)17-9-5-2-6-10-17;16-15-17-14-9-10-5-1-2-6-11(10)12-7-3-4-8-13(12)14;11-9-3-1-7-5-10(12)4-2-8(7)6-9/h1-29H;1-15H;1-14,21-22H;1-14H;1-9,16H;1-6H. The second kappa shape index (κ2) is 44.3. The van der Waals surface area contributed by atoms with E-state index in [1.54, 1.807) is 12.1 Å². The minimum atomic E-state index is -1.45. The molecule has 0 bridgehead atoms. The van der Waals surface area contributed by atoms with Crippen LogP contribution in [0.4, 0.5) is 51.2 Å².